The highest BCUT2D eigenvalue weighted by molar-refractivity contribution is 6.25. The van der Waals surface area contributed by atoms with Crippen LogP contribution < -0.4 is 0 Å². The van der Waals surface area contributed by atoms with Gasteiger partial charge in [-0.2, -0.15) is 0 Å². The molecule has 0 radical (unpaired) electrons. The smallest absolute Gasteiger partial charge is 0.167 e. The molecule has 4 nitrogen and oxygen atoms in total. The molecular formula is C51H29N3O. The van der Waals surface area contributed by atoms with Crippen molar-refractivity contribution >= 4 is 75.8 Å². The molecule has 12 aromatic rings. The first-order valence-electron chi connectivity index (χ1n) is 18.6. The number of aromatic nitrogens is 3. The lowest BCUT2D eigenvalue weighted by Gasteiger charge is -2.15. The first kappa shape index (κ1) is 30.1. The van der Waals surface area contributed by atoms with Crippen LogP contribution in [0.5, 0.6) is 0 Å². The third-order valence-electron chi connectivity index (χ3n) is 11.3. The summed E-state index contributed by atoms with van der Waals surface area (Å²) in [5.41, 5.74) is 6.57. The van der Waals surface area contributed by atoms with Crippen LogP contribution in [0.25, 0.3) is 121 Å². The van der Waals surface area contributed by atoms with Crippen molar-refractivity contribution in [3.8, 4) is 45.3 Å². The van der Waals surface area contributed by atoms with Crippen molar-refractivity contribution in [1.82, 2.24) is 15.0 Å². The second kappa shape index (κ2) is 11.5. The van der Waals surface area contributed by atoms with Gasteiger partial charge in [-0.1, -0.05) is 152 Å². The van der Waals surface area contributed by atoms with Crippen LogP contribution in [0.2, 0.25) is 0 Å². The maximum atomic E-state index is 6.53. The minimum atomic E-state index is 0.567. The zero-order valence-corrected chi connectivity index (χ0v) is 29.5. The summed E-state index contributed by atoms with van der Waals surface area (Å²) in [5, 5.41) is 14.2. The molecule has 0 aliphatic heterocycles. The summed E-state index contributed by atoms with van der Waals surface area (Å²) in [4.78, 5) is 15.8. The number of hydrogen-bond donors (Lipinski definition) is 0. The number of hydrogen-bond acceptors (Lipinski definition) is 4. The number of furan rings is 1. The summed E-state index contributed by atoms with van der Waals surface area (Å²) < 4.78 is 6.53. The Bertz CT molecular complexity index is 3490. The quantitative estimate of drug-likeness (QED) is 0.172. The van der Waals surface area contributed by atoms with Crippen LogP contribution in [0, 0.1) is 0 Å². The van der Waals surface area contributed by atoms with E-state index in [1.54, 1.807) is 0 Å². The van der Waals surface area contributed by atoms with Crippen molar-refractivity contribution in [3.63, 3.8) is 0 Å². The Morgan fingerprint density at radius 3 is 1.75 bits per heavy atom. The van der Waals surface area contributed by atoms with Crippen molar-refractivity contribution < 1.29 is 4.42 Å². The predicted octanol–water partition coefficient (Wildman–Crippen LogP) is 13.6. The van der Waals surface area contributed by atoms with Gasteiger partial charge in [0.2, 0.25) is 0 Å². The van der Waals surface area contributed by atoms with Crippen LogP contribution in [-0.4, -0.2) is 15.0 Å². The monoisotopic (exact) mass is 699 g/mol. The Balaban J connectivity index is 1.12. The highest BCUT2D eigenvalue weighted by Crippen LogP contribution is 2.41. The third-order valence-corrected chi connectivity index (χ3v) is 11.3. The molecule has 0 aliphatic carbocycles. The molecule has 0 bridgehead atoms. The molecule has 4 heteroatoms. The standard InChI is InChI=1S/C51H29N3O/c1-2-15-37-30(9-1)21-22-33-12-7-17-38(46(33)37)35-13-6-14-36(29-35)49-52-50(42-28-26-34-24-23-31-10-5-11-32-25-27-40(42)47(34)45(31)32)54-51(53-49)43-19-8-18-41-39-16-3-4-20-44(39)55-48(41)43/h1-29H. The minimum absolute atomic E-state index is 0.567. The van der Waals surface area contributed by atoms with Gasteiger partial charge in [-0.15, -0.1) is 0 Å². The summed E-state index contributed by atoms with van der Waals surface area (Å²) in [6.07, 6.45) is 0. The van der Waals surface area contributed by atoms with Gasteiger partial charge < -0.3 is 4.42 Å². The third kappa shape index (κ3) is 4.55. The molecule has 2 aromatic heterocycles. The lowest BCUT2D eigenvalue weighted by molar-refractivity contribution is 0.669. The number of benzene rings is 10. The highest BCUT2D eigenvalue weighted by atomic mass is 16.3. The molecule has 254 valence electrons. The number of nitrogens with zero attached hydrogens (tertiary/aromatic N) is 3. The van der Waals surface area contributed by atoms with Gasteiger partial charge in [-0.25, -0.2) is 15.0 Å². The summed E-state index contributed by atoms with van der Waals surface area (Å²) in [6, 6.07) is 62.2. The zero-order chi connectivity index (χ0) is 36.0. The van der Waals surface area contributed by atoms with Gasteiger partial charge in [0.05, 0.1) is 5.56 Å². The molecule has 0 saturated heterocycles. The Hall–Kier alpha value is -7.43. The van der Waals surface area contributed by atoms with Crippen molar-refractivity contribution in [2.75, 3.05) is 0 Å². The fourth-order valence-corrected chi connectivity index (χ4v) is 8.73. The normalized spacial score (nSPS) is 12.0. The summed E-state index contributed by atoms with van der Waals surface area (Å²) >= 11 is 0. The van der Waals surface area contributed by atoms with Crippen LogP contribution in [0.15, 0.2) is 180 Å². The van der Waals surface area contributed by atoms with Crippen LogP contribution in [0.4, 0.5) is 0 Å². The zero-order valence-electron chi connectivity index (χ0n) is 29.5. The Kier molecular flexibility index (Phi) is 6.31. The highest BCUT2D eigenvalue weighted by Gasteiger charge is 2.20. The Labute approximate surface area is 315 Å². The summed E-state index contributed by atoms with van der Waals surface area (Å²) in [7, 11) is 0. The van der Waals surface area contributed by atoms with Crippen LogP contribution in [0.3, 0.4) is 0 Å². The predicted molar refractivity (Wildman–Crippen MR) is 228 cm³/mol. The molecule has 12 rings (SSSR count). The van der Waals surface area contributed by atoms with Gasteiger partial charge in [0.25, 0.3) is 0 Å². The van der Waals surface area contributed by atoms with Crippen molar-refractivity contribution in [2.24, 2.45) is 0 Å². The average molecular weight is 700 g/mol. The molecule has 55 heavy (non-hydrogen) atoms. The fourth-order valence-electron chi connectivity index (χ4n) is 8.73. The van der Waals surface area contributed by atoms with Gasteiger partial charge in [-0.3, -0.25) is 0 Å². The molecule has 0 aliphatic rings. The van der Waals surface area contributed by atoms with E-state index in [0.717, 1.165) is 49.6 Å². The maximum Gasteiger partial charge on any atom is 0.167 e. The fraction of sp³-hybridized carbons (Fsp3) is 0. The topological polar surface area (TPSA) is 51.8 Å². The molecule has 0 unspecified atom stereocenters. The van der Waals surface area contributed by atoms with Crippen LogP contribution in [0.1, 0.15) is 0 Å². The molecule has 0 saturated carbocycles. The Morgan fingerprint density at radius 1 is 0.309 bits per heavy atom. The minimum Gasteiger partial charge on any atom is -0.455 e. The van der Waals surface area contributed by atoms with Gasteiger partial charge in [0.15, 0.2) is 17.5 Å². The van der Waals surface area contributed by atoms with E-state index < -0.39 is 0 Å². The van der Waals surface area contributed by atoms with E-state index in [1.165, 1.54) is 54.0 Å². The van der Waals surface area contributed by atoms with E-state index in [9.17, 15) is 0 Å². The molecular weight excluding hydrogens is 671 g/mol. The molecule has 0 atom stereocenters. The van der Waals surface area contributed by atoms with Crippen LogP contribution >= 0.6 is 0 Å². The van der Waals surface area contributed by atoms with E-state index in [0.29, 0.717) is 17.5 Å². The number of fused-ring (bicyclic) bond motifs is 6. The molecule has 0 spiro atoms. The van der Waals surface area contributed by atoms with E-state index in [1.807, 2.05) is 18.2 Å². The van der Waals surface area contributed by atoms with E-state index >= 15 is 0 Å². The largest absolute Gasteiger partial charge is 0.455 e. The number of rotatable bonds is 4. The van der Waals surface area contributed by atoms with Gasteiger partial charge in [-0.05, 0) is 89.3 Å². The Morgan fingerprint density at radius 2 is 0.873 bits per heavy atom. The van der Waals surface area contributed by atoms with E-state index in [2.05, 4.69) is 158 Å². The average Bonchev–Trinajstić information content (AvgIpc) is 3.64. The van der Waals surface area contributed by atoms with Crippen molar-refractivity contribution in [1.29, 1.82) is 0 Å². The SMILES string of the molecule is c1cc(-c2nc(-c3ccc4ccc5cccc6ccc3c4c56)nc(-c3cccc4c3oc3ccccc34)n2)cc(-c2cccc3ccc4ccccc4c23)c1. The van der Waals surface area contributed by atoms with E-state index in [-0.39, 0.29) is 0 Å². The van der Waals surface area contributed by atoms with Gasteiger partial charge in [0, 0.05) is 21.9 Å². The molecule has 0 N–H and O–H groups in total. The first-order chi connectivity index (χ1) is 27.2. The second-order valence-electron chi connectivity index (χ2n) is 14.3. The van der Waals surface area contributed by atoms with E-state index in [4.69, 9.17) is 19.4 Å². The van der Waals surface area contributed by atoms with Crippen LogP contribution in [-0.2, 0) is 0 Å². The lowest BCUT2D eigenvalue weighted by atomic mass is 9.91. The van der Waals surface area contributed by atoms with Gasteiger partial charge >= 0.3 is 0 Å². The molecule has 2 heterocycles. The van der Waals surface area contributed by atoms with Gasteiger partial charge in [0.1, 0.15) is 11.2 Å². The lowest BCUT2D eigenvalue weighted by Crippen LogP contribution is -2.01. The maximum absolute atomic E-state index is 6.53. The summed E-state index contributed by atoms with van der Waals surface area (Å²) in [5.74, 6) is 1.79. The second-order valence-corrected chi connectivity index (χ2v) is 14.3. The molecule has 0 fully saturated rings. The first-order valence-corrected chi connectivity index (χ1v) is 18.6. The number of para-hydroxylation sites is 2. The molecule has 10 aromatic carbocycles. The summed E-state index contributed by atoms with van der Waals surface area (Å²) in [6.45, 7) is 0. The van der Waals surface area contributed by atoms with Crippen molar-refractivity contribution in [2.45, 2.75) is 0 Å². The molecule has 0 amide bonds. The van der Waals surface area contributed by atoms with Crippen molar-refractivity contribution in [3.05, 3.63) is 176 Å².